The number of thiazole rings is 1. The normalized spacial score (nSPS) is 27.2. The van der Waals surface area contributed by atoms with Crippen molar-refractivity contribution >= 4 is 28.4 Å². The summed E-state index contributed by atoms with van der Waals surface area (Å²) in [4.78, 5) is 20.4. The Kier molecular flexibility index (Phi) is 6.89. The van der Waals surface area contributed by atoms with Crippen molar-refractivity contribution in [1.82, 2.24) is 19.9 Å². The van der Waals surface area contributed by atoms with Crippen LogP contribution in [0.2, 0.25) is 0 Å². The lowest BCUT2D eigenvalue weighted by Gasteiger charge is -2.33. The fourth-order valence-corrected chi connectivity index (χ4v) is 7.49. The van der Waals surface area contributed by atoms with Gasteiger partial charge in [-0.05, 0) is 81.7 Å². The van der Waals surface area contributed by atoms with Crippen molar-refractivity contribution in [2.24, 2.45) is 5.92 Å². The Balaban J connectivity index is 1.24. The van der Waals surface area contributed by atoms with E-state index in [1.54, 1.807) is 22.0 Å². The zero-order valence-corrected chi connectivity index (χ0v) is 24.0. The number of carbonyl (C=O) groups is 1. The van der Waals surface area contributed by atoms with E-state index < -0.39 is 11.6 Å². The van der Waals surface area contributed by atoms with E-state index in [1.807, 2.05) is 29.9 Å². The number of halogens is 2. The van der Waals surface area contributed by atoms with Crippen LogP contribution in [0.3, 0.4) is 0 Å². The van der Waals surface area contributed by atoms with Gasteiger partial charge in [0.1, 0.15) is 11.6 Å². The van der Waals surface area contributed by atoms with E-state index in [0.29, 0.717) is 22.6 Å². The molecule has 4 heterocycles. The van der Waals surface area contributed by atoms with E-state index in [0.717, 1.165) is 56.8 Å². The number of nitrogens with zero attached hydrogens (tertiary/aromatic N) is 4. The molecule has 1 N–H and O–H groups in total. The van der Waals surface area contributed by atoms with E-state index in [2.05, 4.69) is 41.1 Å². The number of anilines is 1. The third-order valence-corrected chi connectivity index (χ3v) is 10.5. The van der Waals surface area contributed by atoms with Gasteiger partial charge in [0.05, 0.1) is 28.3 Å². The van der Waals surface area contributed by atoms with Crippen LogP contribution in [0.4, 0.5) is 14.5 Å². The molecule has 3 aromatic heterocycles. The van der Waals surface area contributed by atoms with E-state index in [1.165, 1.54) is 17.1 Å². The van der Waals surface area contributed by atoms with Crippen LogP contribution in [-0.2, 0) is 5.41 Å². The zero-order valence-electron chi connectivity index (χ0n) is 23.2. The first-order chi connectivity index (χ1) is 19.2. The average molecular weight is 564 g/mol. The fourth-order valence-electron chi connectivity index (χ4n) is 6.54. The molecule has 4 unspecified atom stereocenters. The first-order valence-corrected chi connectivity index (χ1v) is 15.0. The lowest BCUT2D eigenvalue weighted by atomic mass is 9.75. The number of fused-ring (bicyclic) bond motifs is 1. The van der Waals surface area contributed by atoms with Gasteiger partial charge in [-0.25, -0.2) is 18.3 Å². The third kappa shape index (κ3) is 4.78. The lowest BCUT2D eigenvalue weighted by Crippen LogP contribution is -2.45. The standard InChI is InChI=1S/C31H35F2N5OS/c1-20-8-10-30(2,11-12-31(20,3)29-34-13-16-40-29)36-28(39)24-19-35-38-15-9-22(18-27(24)38)37-14-4-5-26(37)23-17-21(32)6-7-25(23)33/h6-7,9,13,15-20,26H,4-5,8,10-12,14H2,1-3H3,(H,36,39). The third-order valence-electron chi connectivity index (χ3n) is 9.40. The van der Waals surface area contributed by atoms with Crippen molar-refractivity contribution in [3.8, 4) is 0 Å². The van der Waals surface area contributed by atoms with Crippen molar-refractivity contribution in [2.45, 2.75) is 76.3 Å². The zero-order chi connectivity index (χ0) is 28.1. The summed E-state index contributed by atoms with van der Waals surface area (Å²) in [5.41, 5.74) is 2.07. The summed E-state index contributed by atoms with van der Waals surface area (Å²) >= 11 is 1.71. The molecule has 1 saturated carbocycles. The largest absolute Gasteiger partial charge is 0.364 e. The van der Waals surface area contributed by atoms with Crippen molar-refractivity contribution in [3.63, 3.8) is 0 Å². The molecule has 1 aliphatic heterocycles. The molecule has 4 aromatic rings. The summed E-state index contributed by atoms with van der Waals surface area (Å²) in [6.07, 6.45) is 10.6. The number of carbonyl (C=O) groups excluding carboxylic acids is 1. The van der Waals surface area contributed by atoms with Gasteiger partial charge in [0.15, 0.2) is 0 Å². The molecule has 40 heavy (non-hydrogen) atoms. The number of aromatic nitrogens is 3. The van der Waals surface area contributed by atoms with Crippen LogP contribution in [0.1, 0.15) is 86.3 Å². The molecule has 1 aliphatic carbocycles. The van der Waals surface area contributed by atoms with E-state index in [9.17, 15) is 13.6 Å². The van der Waals surface area contributed by atoms with Gasteiger partial charge in [0.25, 0.3) is 5.91 Å². The first-order valence-electron chi connectivity index (χ1n) is 14.1. The molecule has 1 saturated heterocycles. The maximum Gasteiger partial charge on any atom is 0.255 e. The van der Waals surface area contributed by atoms with Gasteiger partial charge in [0.2, 0.25) is 0 Å². The van der Waals surface area contributed by atoms with Crippen LogP contribution in [0.5, 0.6) is 0 Å². The molecule has 4 atom stereocenters. The maximum atomic E-state index is 14.7. The highest BCUT2D eigenvalue weighted by Crippen LogP contribution is 2.45. The summed E-state index contributed by atoms with van der Waals surface area (Å²) < 4.78 is 30.3. The Morgan fingerprint density at radius 2 is 1.98 bits per heavy atom. The SMILES string of the molecule is CC1CCC(C)(NC(=O)c2cnn3ccc(N4CCCC4c4cc(F)ccc4F)cc23)CCC1(C)c1nccs1. The van der Waals surface area contributed by atoms with Gasteiger partial charge in [0, 0.05) is 46.5 Å². The molecule has 210 valence electrons. The Hall–Kier alpha value is -3.33. The first kappa shape index (κ1) is 26.9. The van der Waals surface area contributed by atoms with Crippen LogP contribution < -0.4 is 10.2 Å². The van der Waals surface area contributed by atoms with Gasteiger partial charge in [-0.2, -0.15) is 5.10 Å². The molecule has 6 nitrogen and oxygen atoms in total. The minimum atomic E-state index is -0.443. The van der Waals surface area contributed by atoms with E-state index in [-0.39, 0.29) is 22.9 Å². The number of pyridine rings is 1. The predicted molar refractivity (Wildman–Crippen MR) is 154 cm³/mol. The van der Waals surface area contributed by atoms with Gasteiger partial charge in [-0.1, -0.05) is 13.8 Å². The van der Waals surface area contributed by atoms with Crippen LogP contribution in [0.25, 0.3) is 5.52 Å². The van der Waals surface area contributed by atoms with E-state index >= 15 is 0 Å². The lowest BCUT2D eigenvalue weighted by molar-refractivity contribution is 0.0897. The molecular formula is C31H35F2N5OS. The second-order valence-electron chi connectivity index (χ2n) is 12.0. The summed E-state index contributed by atoms with van der Waals surface area (Å²) in [5.74, 6) is -0.537. The molecule has 9 heteroatoms. The van der Waals surface area contributed by atoms with Crippen LogP contribution >= 0.6 is 11.3 Å². The van der Waals surface area contributed by atoms with Crippen molar-refractivity contribution < 1.29 is 13.6 Å². The molecule has 0 radical (unpaired) electrons. The molecular weight excluding hydrogens is 528 g/mol. The van der Waals surface area contributed by atoms with Crippen molar-refractivity contribution in [1.29, 1.82) is 0 Å². The number of benzene rings is 1. The highest BCUT2D eigenvalue weighted by atomic mass is 32.1. The molecule has 1 aromatic carbocycles. The molecule has 2 aliphatic rings. The van der Waals surface area contributed by atoms with Crippen LogP contribution in [0.15, 0.2) is 54.3 Å². The van der Waals surface area contributed by atoms with Gasteiger partial charge in [-0.3, -0.25) is 4.79 Å². The summed E-state index contributed by atoms with van der Waals surface area (Å²) in [6.45, 7) is 7.46. The van der Waals surface area contributed by atoms with E-state index in [4.69, 9.17) is 0 Å². The predicted octanol–water partition coefficient (Wildman–Crippen LogP) is 7.07. The summed E-state index contributed by atoms with van der Waals surface area (Å²) in [7, 11) is 0. The molecule has 6 rings (SSSR count). The highest BCUT2D eigenvalue weighted by Gasteiger charge is 2.42. The number of rotatable bonds is 5. The Labute approximate surface area is 237 Å². The number of hydrogen-bond donors (Lipinski definition) is 1. The Morgan fingerprint density at radius 3 is 2.77 bits per heavy atom. The van der Waals surface area contributed by atoms with Gasteiger partial charge >= 0.3 is 0 Å². The van der Waals surface area contributed by atoms with Crippen molar-refractivity contribution in [3.05, 3.63) is 82.1 Å². The monoisotopic (exact) mass is 563 g/mol. The molecule has 2 fully saturated rings. The number of hydrogen-bond acceptors (Lipinski definition) is 5. The smallest absolute Gasteiger partial charge is 0.255 e. The summed E-state index contributed by atoms with van der Waals surface area (Å²) in [6, 6.07) is 7.23. The molecule has 1 amide bonds. The maximum absolute atomic E-state index is 14.7. The van der Waals surface area contributed by atoms with Crippen molar-refractivity contribution in [2.75, 3.05) is 11.4 Å². The second-order valence-corrected chi connectivity index (χ2v) is 12.9. The van der Waals surface area contributed by atoms with Crippen LogP contribution in [-0.4, -0.2) is 32.6 Å². The highest BCUT2D eigenvalue weighted by molar-refractivity contribution is 7.09. The average Bonchev–Trinajstić information content (AvgIpc) is 3.71. The Bertz CT molecular complexity index is 1540. The second kappa shape index (κ2) is 10.3. The van der Waals surface area contributed by atoms with Gasteiger partial charge in [-0.15, -0.1) is 11.3 Å². The topological polar surface area (TPSA) is 62.5 Å². The van der Waals surface area contributed by atoms with Crippen LogP contribution in [0, 0.1) is 17.6 Å². The summed E-state index contributed by atoms with van der Waals surface area (Å²) in [5, 5.41) is 11.0. The Morgan fingerprint density at radius 1 is 1.12 bits per heavy atom. The number of amides is 1. The minimum Gasteiger partial charge on any atom is -0.364 e. The molecule has 0 bridgehead atoms. The minimum absolute atomic E-state index is 0.0105. The quantitative estimate of drug-likeness (QED) is 0.264. The van der Waals surface area contributed by atoms with Gasteiger partial charge < -0.3 is 10.2 Å². The fraction of sp³-hybridized carbons (Fsp3) is 0.452. The molecule has 0 spiro atoms. The number of nitrogens with one attached hydrogen (secondary N) is 1.